The summed E-state index contributed by atoms with van der Waals surface area (Å²) in [4.78, 5) is 15.9. The van der Waals surface area contributed by atoms with Crippen molar-refractivity contribution in [3.05, 3.63) is 114 Å². The van der Waals surface area contributed by atoms with E-state index in [1.807, 2.05) is 91.9 Å². The van der Waals surface area contributed by atoms with E-state index in [1.165, 1.54) is 0 Å². The summed E-state index contributed by atoms with van der Waals surface area (Å²) in [5, 5.41) is 13.7. The van der Waals surface area contributed by atoms with Gasteiger partial charge in [0.15, 0.2) is 0 Å². The third-order valence-electron chi connectivity index (χ3n) is 5.70. The molecule has 0 saturated carbocycles. The van der Waals surface area contributed by atoms with Crippen molar-refractivity contribution in [2.24, 2.45) is 0 Å². The minimum atomic E-state index is -0.947. The van der Waals surface area contributed by atoms with Gasteiger partial charge >= 0.3 is 5.97 Å². The predicted octanol–water partition coefficient (Wildman–Crippen LogP) is 5.62. The maximum atomic E-state index is 11.3. The number of aryl methyl sites for hydroxylation is 1. The minimum Gasteiger partial charge on any atom is -0.487 e. The Bertz CT molecular complexity index is 1480. The number of hydrogen-bond acceptors (Lipinski definition) is 6. The summed E-state index contributed by atoms with van der Waals surface area (Å²) in [5.74, 6) is 1.32. The van der Waals surface area contributed by atoms with Crippen molar-refractivity contribution in [2.75, 3.05) is 0 Å². The molecule has 8 heteroatoms. The van der Waals surface area contributed by atoms with Gasteiger partial charge in [-0.25, -0.2) is 9.67 Å². The molecule has 2 aromatic heterocycles. The van der Waals surface area contributed by atoms with Crippen LogP contribution in [0.3, 0.4) is 0 Å². The molecule has 0 radical (unpaired) electrons. The lowest BCUT2D eigenvalue weighted by molar-refractivity contribution is -0.136. The molecule has 37 heavy (non-hydrogen) atoms. The number of benzene rings is 3. The van der Waals surface area contributed by atoms with E-state index >= 15 is 0 Å². The van der Waals surface area contributed by atoms with Crippen LogP contribution in [0, 0.1) is 6.92 Å². The lowest BCUT2D eigenvalue weighted by atomic mass is 10.2. The van der Waals surface area contributed by atoms with E-state index in [0.717, 1.165) is 28.3 Å². The molecule has 0 atom stereocenters. The highest BCUT2D eigenvalue weighted by Gasteiger charge is 2.15. The molecule has 3 aromatic carbocycles. The minimum absolute atomic E-state index is 0.178. The molecule has 186 valence electrons. The van der Waals surface area contributed by atoms with Crippen LogP contribution in [0.25, 0.3) is 17.1 Å². The first-order valence-corrected chi connectivity index (χ1v) is 11.8. The van der Waals surface area contributed by atoms with Gasteiger partial charge in [0.25, 0.3) is 0 Å². The van der Waals surface area contributed by atoms with Crippen LogP contribution in [-0.2, 0) is 24.4 Å². The highest BCUT2D eigenvalue weighted by Crippen LogP contribution is 2.24. The molecular formula is C29H25N3O5. The fourth-order valence-corrected chi connectivity index (χ4v) is 3.76. The van der Waals surface area contributed by atoms with Gasteiger partial charge in [-0.3, -0.25) is 4.79 Å². The summed E-state index contributed by atoms with van der Waals surface area (Å²) >= 11 is 0. The van der Waals surface area contributed by atoms with Crippen molar-refractivity contribution in [3.8, 4) is 28.8 Å². The fourth-order valence-electron chi connectivity index (χ4n) is 3.76. The monoisotopic (exact) mass is 495 g/mol. The maximum absolute atomic E-state index is 11.3. The van der Waals surface area contributed by atoms with Crippen LogP contribution in [0.5, 0.6) is 11.6 Å². The van der Waals surface area contributed by atoms with Gasteiger partial charge in [0.05, 0.1) is 12.1 Å². The summed E-state index contributed by atoms with van der Waals surface area (Å²) < 4.78 is 19.2. The van der Waals surface area contributed by atoms with E-state index in [0.29, 0.717) is 23.1 Å². The molecule has 0 amide bonds. The van der Waals surface area contributed by atoms with Crippen LogP contribution < -0.4 is 9.47 Å². The van der Waals surface area contributed by atoms with Crippen LogP contribution in [0.15, 0.2) is 95.5 Å². The van der Waals surface area contributed by atoms with Gasteiger partial charge in [-0.15, -0.1) is 5.10 Å². The molecule has 0 unspecified atom stereocenters. The molecule has 0 aliphatic carbocycles. The van der Waals surface area contributed by atoms with Crippen molar-refractivity contribution >= 4 is 5.97 Å². The van der Waals surface area contributed by atoms with E-state index < -0.39 is 5.97 Å². The fraction of sp³-hybridized carbons (Fsp3) is 0.138. The normalized spacial score (nSPS) is 10.8. The number of carbonyl (C=O) groups is 1. The van der Waals surface area contributed by atoms with Crippen LogP contribution in [0.4, 0.5) is 0 Å². The molecule has 8 nitrogen and oxygen atoms in total. The summed E-state index contributed by atoms with van der Waals surface area (Å²) in [6, 6.07) is 26.7. The lowest BCUT2D eigenvalue weighted by Gasteiger charge is -2.08. The summed E-state index contributed by atoms with van der Waals surface area (Å²) in [5.41, 5.74) is 3.89. The van der Waals surface area contributed by atoms with Gasteiger partial charge in [-0.05, 0) is 48.9 Å². The number of aliphatic carboxylic acids is 1. The van der Waals surface area contributed by atoms with Gasteiger partial charge in [0, 0.05) is 17.3 Å². The zero-order chi connectivity index (χ0) is 25.6. The van der Waals surface area contributed by atoms with Crippen LogP contribution in [0.2, 0.25) is 0 Å². The van der Waals surface area contributed by atoms with Crippen molar-refractivity contribution in [1.82, 2.24) is 14.8 Å². The Labute approximate surface area is 213 Å². The molecule has 0 aliphatic heterocycles. The van der Waals surface area contributed by atoms with Crippen molar-refractivity contribution in [1.29, 1.82) is 0 Å². The second-order valence-electron chi connectivity index (χ2n) is 8.42. The van der Waals surface area contributed by atoms with E-state index in [1.54, 1.807) is 10.9 Å². The van der Waals surface area contributed by atoms with Crippen molar-refractivity contribution < 1.29 is 23.8 Å². The zero-order valence-corrected chi connectivity index (χ0v) is 20.2. The van der Waals surface area contributed by atoms with E-state index in [9.17, 15) is 9.90 Å². The van der Waals surface area contributed by atoms with Crippen molar-refractivity contribution in [3.63, 3.8) is 0 Å². The Morgan fingerprint density at radius 2 is 1.62 bits per heavy atom. The molecule has 0 bridgehead atoms. The zero-order valence-electron chi connectivity index (χ0n) is 20.2. The van der Waals surface area contributed by atoms with Crippen molar-refractivity contribution in [2.45, 2.75) is 26.6 Å². The third-order valence-corrected chi connectivity index (χ3v) is 5.70. The smallest absolute Gasteiger partial charge is 0.308 e. The standard InChI is InChI=1S/C29H25N3O5/c1-20-26(30-28(37-20)22-8-4-2-5-9-22)19-35-25-14-12-21(13-15-25)18-36-29-23(16-27(33)34)17-32(31-29)24-10-6-3-7-11-24/h2-15,17H,16,18-19H2,1H3,(H,33,34). The number of ether oxygens (including phenoxy) is 2. The summed E-state index contributed by atoms with van der Waals surface area (Å²) in [6.45, 7) is 2.39. The number of aromatic nitrogens is 3. The highest BCUT2D eigenvalue weighted by atomic mass is 16.5. The van der Waals surface area contributed by atoms with Crippen LogP contribution in [0.1, 0.15) is 22.6 Å². The third kappa shape index (κ3) is 5.87. The quantitative estimate of drug-likeness (QED) is 0.268. The first-order valence-electron chi connectivity index (χ1n) is 11.8. The predicted molar refractivity (Wildman–Crippen MR) is 137 cm³/mol. The molecule has 0 aliphatic rings. The highest BCUT2D eigenvalue weighted by molar-refractivity contribution is 5.71. The first-order chi connectivity index (χ1) is 18.0. The molecule has 1 N–H and O–H groups in total. The average molecular weight is 496 g/mol. The molecule has 5 rings (SSSR count). The number of carboxylic acid groups (broad SMARTS) is 1. The van der Waals surface area contributed by atoms with Gasteiger partial charge < -0.3 is 19.0 Å². The Hall–Kier alpha value is -4.85. The number of rotatable bonds is 10. The Morgan fingerprint density at radius 3 is 2.32 bits per heavy atom. The van der Waals surface area contributed by atoms with Crippen LogP contribution >= 0.6 is 0 Å². The topological polar surface area (TPSA) is 99.6 Å². The second-order valence-corrected chi connectivity index (χ2v) is 8.42. The SMILES string of the molecule is Cc1oc(-c2ccccc2)nc1COc1ccc(COc2nn(-c3ccccc3)cc2CC(=O)O)cc1. The lowest BCUT2D eigenvalue weighted by Crippen LogP contribution is -2.03. The molecular weight excluding hydrogens is 470 g/mol. The van der Waals surface area contributed by atoms with Gasteiger partial charge in [0.1, 0.15) is 30.4 Å². The molecule has 0 saturated heterocycles. The second kappa shape index (κ2) is 10.8. The van der Waals surface area contributed by atoms with E-state index in [4.69, 9.17) is 13.9 Å². The summed E-state index contributed by atoms with van der Waals surface area (Å²) in [6.07, 6.45) is 1.51. The molecule has 2 heterocycles. The number of oxazole rings is 1. The molecule has 0 fully saturated rings. The largest absolute Gasteiger partial charge is 0.487 e. The Kier molecular flexibility index (Phi) is 6.98. The average Bonchev–Trinajstić information content (AvgIpc) is 3.50. The van der Waals surface area contributed by atoms with E-state index in [2.05, 4.69) is 10.1 Å². The van der Waals surface area contributed by atoms with Gasteiger partial charge in [-0.1, -0.05) is 48.5 Å². The number of hydrogen-bond donors (Lipinski definition) is 1. The van der Waals surface area contributed by atoms with Gasteiger partial charge in [0.2, 0.25) is 11.8 Å². The molecule has 5 aromatic rings. The summed E-state index contributed by atoms with van der Waals surface area (Å²) in [7, 11) is 0. The van der Waals surface area contributed by atoms with E-state index in [-0.39, 0.29) is 19.6 Å². The number of nitrogens with zero attached hydrogens (tertiary/aromatic N) is 3. The number of carboxylic acids is 1. The van der Waals surface area contributed by atoms with Crippen LogP contribution in [-0.4, -0.2) is 25.8 Å². The number of para-hydroxylation sites is 1. The van der Waals surface area contributed by atoms with Gasteiger partial charge in [-0.2, -0.15) is 0 Å². The maximum Gasteiger partial charge on any atom is 0.308 e. The Balaban J connectivity index is 1.21. The molecule has 0 spiro atoms. The Morgan fingerprint density at radius 1 is 0.919 bits per heavy atom. The first kappa shape index (κ1) is 23.9.